The first-order valence-corrected chi connectivity index (χ1v) is 7.79. The average Bonchev–Trinajstić information content (AvgIpc) is 2.61. The summed E-state index contributed by atoms with van der Waals surface area (Å²) < 4.78 is 19.5. The summed E-state index contributed by atoms with van der Waals surface area (Å²) in [6, 6.07) is 22.2. The highest BCUT2D eigenvalue weighted by Crippen LogP contribution is 2.21. The molecule has 0 amide bonds. The molecule has 0 unspecified atom stereocenters. The lowest BCUT2D eigenvalue weighted by Crippen LogP contribution is -2.00. The molecule has 120 valence electrons. The summed E-state index contributed by atoms with van der Waals surface area (Å²) in [6.45, 7) is 2.20. The minimum absolute atomic E-state index is 0.182. The van der Waals surface area contributed by atoms with Crippen LogP contribution in [0.4, 0.5) is 10.1 Å². The summed E-state index contributed by atoms with van der Waals surface area (Å²) in [7, 11) is 0. The molecule has 0 fully saturated rings. The molecule has 0 spiro atoms. The highest BCUT2D eigenvalue weighted by atomic mass is 19.1. The SMILES string of the molecule is Cc1ccccc1N=Cc1ccccc1OCc1ccccc1F. The predicted octanol–water partition coefficient (Wildman–Crippen LogP) is 5.46. The molecule has 3 aromatic rings. The minimum atomic E-state index is -0.261. The van der Waals surface area contributed by atoms with Gasteiger partial charge in [0.1, 0.15) is 18.2 Å². The van der Waals surface area contributed by atoms with E-state index in [1.54, 1.807) is 24.4 Å². The number of hydrogen-bond acceptors (Lipinski definition) is 2. The second kappa shape index (κ2) is 7.55. The Bertz CT molecular complexity index is 858. The van der Waals surface area contributed by atoms with Crippen molar-refractivity contribution in [2.75, 3.05) is 0 Å². The van der Waals surface area contributed by atoms with Crippen LogP contribution in [0.5, 0.6) is 5.75 Å². The fraction of sp³-hybridized carbons (Fsp3) is 0.0952. The Morgan fingerprint density at radius 2 is 1.62 bits per heavy atom. The molecular formula is C21H18FNO. The van der Waals surface area contributed by atoms with Crippen molar-refractivity contribution < 1.29 is 9.13 Å². The molecular weight excluding hydrogens is 301 g/mol. The van der Waals surface area contributed by atoms with Gasteiger partial charge in [0.05, 0.1) is 5.69 Å². The van der Waals surface area contributed by atoms with Crippen molar-refractivity contribution in [1.82, 2.24) is 0 Å². The maximum Gasteiger partial charge on any atom is 0.129 e. The van der Waals surface area contributed by atoms with Crippen LogP contribution < -0.4 is 4.74 Å². The van der Waals surface area contributed by atoms with Gasteiger partial charge in [-0.15, -0.1) is 0 Å². The molecule has 0 heterocycles. The highest BCUT2D eigenvalue weighted by molar-refractivity contribution is 5.85. The van der Waals surface area contributed by atoms with Crippen LogP contribution in [-0.4, -0.2) is 6.21 Å². The molecule has 0 saturated carbocycles. The Kier molecular flexibility index (Phi) is 5.02. The predicted molar refractivity (Wildman–Crippen MR) is 95.6 cm³/mol. The van der Waals surface area contributed by atoms with Gasteiger partial charge in [-0.1, -0.05) is 48.5 Å². The van der Waals surface area contributed by atoms with Gasteiger partial charge in [0, 0.05) is 17.3 Å². The van der Waals surface area contributed by atoms with E-state index in [2.05, 4.69) is 4.99 Å². The van der Waals surface area contributed by atoms with Gasteiger partial charge in [-0.2, -0.15) is 0 Å². The molecule has 0 saturated heterocycles. The number of nitrogens with zero attached hydrogens (tertiary/aromatic N) is 1. The van der Waals surface area contributed by atoms with Crippen molar-refractivity contribution >= 4 is 11.9 Å². The topological polar surface area (TPSA) is 21.6 Å². The van der Waals surface area contributed by atoms with Crippen LogP contribution >= 0.6 is 0 Å². The van der Waals surface area contributed by atoms with Crippen LogP contribution in [0.3, 0.4) is 0 Å². The van der Waals surface area contributed by atoms with E-state index in [0.29, 0.717) is 11.3 Å². The van der Waals surface area contributed by atoms with Crippen molar-refractivity contribution in [3.8, 4) is 5.75 Å². The van der Waals surface area contributed by atoms with Gasteiger partial charge >= 0.3 is 0 Å². The Balaban J connectivity index is 1.78. The Labute approximate surface area is 141 Å². The van der Waals surface area contributed by atoms with E-state index in [1.165, 1.54) is 6.07 Å². The highest BCUT2D eigenvalue weighted by Gasteiger charge is 2.05. The average molecular weight is 319 g/mol. The summed E-state index contributed by atoms with van der Waals surface area (Å²) in [5, 5.41) is 0. The molecule has 0 aliphatic carbocycles. The van der Waals surface area contributed by atoms with Gasteiger partial charge in [0.2, 0.25) is 0 Å². The zero-order chi connectivity index (χ0) is 16.8. The lowest BCUT2D eigenvalue weighted by Gasteiger charge is -2.09. The first kappa shape index (κ1) is 15.9. The molecule has 3 rings (SSSR count). The van der Waals surface area contributed by atoms with Gasteiger partial charge in [0.25, 0.3) is 0 Å². The zero-order valence-electron chi connectivity index (χ0n) is 13.4. The van der Waals surface area contributed by atoms with Gasteiger partial charge in [-0.25, -0.2) is 4.39 Å². The van der Waals surface area contributed by atoms with Crippen molar-refractivity contribution in [1.29, 1.82) is 0 Å². The molecule has 3 heteroatoms. The Hall–Kier alpha value is -2.94. The number of hydrogen-bond donors (Lipinski definition) is 0. The first-order chi connectivity index (χ1) is 11.7. The maximum absolute atomic E-state index is 13.7. The van der Waals surface area contributed by atoms with Crippen LogP contribution in [0.15, 0.2) is 77.8 Å². The van der Waals surface area contributed by atoms with E-state index in [-0.39, 0.29) is 12.4 Å². The molecule has 0 aliphatic heterocycles. The molecule has 0 bridgehead atoms. The van der Waals surface area contributed by atoms with Gasteiger partial charge in [-0.3, -0.25) is 4.99 Å². The standard InChI is InChI=1S/C21H18FNO/c1-16-8-2-6-12-20(16)23-14-17-9-4-7-13-21(17)24-15-18-10-3-5-11-19(18)22/h2-14H,15H2,1H3. The third-order valence-electron chi connectivity index (χ3n) is 3.72. The quantitative estimate of drug-likeness (QED) is 0.572. The van der Waals surface area contributed by atoms with E-state index in [4.69, 9.17) is 4.74 Å². The van der Waals surface area contributed by atoms with E-state index in [0.717, 1.165) is 16.8 Å². The second-order valence-electron chi connectivity index (χ2n) is 5.46. The summed E-state index contributed by atoms with van der Waals surface area (Å²) in [4.78, 5) is 4.53. The first-order valence-electron chi connectivity index (χ1n) is 7.79. The van der Waals surface area contributed by atoms with E-state index >= 15 is 0 Å². The lowest BCUT2D eigenvalue weighted by atomic mass is 10.2. The maximum atomic E-state index is 13.7. The van der Waals surface area contributed by atoms with Crippen LogP contribution in [0.1, 0.15) is 16.7 Å². The number of benzene rings is 3. The van der Waals surface area contributed by atoms with E-state index < -0.39 is 0 Å². The van der Waals surface area contributed by atoms with Crippen LogP contribution in [0.25, 0.3) is 0 Å². The fourth-order valence-electron chi connectivity index (χ4n) is 2.34. The number of halogens is 1. The van der Waals surface area contributed by atoms with Crippen molar-refractivity contribution in [3.05, 3.63) is 95.3 Å². The number of aliphatic imine (C=N–C) groups is 1. The number of rotatable bonds is 5. The molecule has 0 aliphatic rings. The summed E-state index contributed by atoms with van der Waals surface area (Å²) in [5.41, 5.74) is 3.42. The third-order valence-corrected chi connectivity index (χ3v) is 3.72. The molecule has 24 heavy (non-hydrogen) atoms. The summed E-state index contributed by atoms with van der Waals surface area (Å²) in [6.07, 6.45) is 1.78. The minimum Gasteiger partial charge on any atom is -0.488 e. The molecule has 3 aromatic carbocycles. The fourth-order valence-corrected chi connectivity index (χ4v) is 2.34. The number of para-hydroxylation sites is 2. The summed E-state index contributed by atoms with van der Waals surface area (Å²) >= 11 is 0. The van der Waals surface area contributed by atoms with Crippen LogP contribution in [0.2, 0.25) is 0 Å². The second-order valence-corrected chi connectivity index (χ2v) is 5.46. The molecule has 0 aromatic heterocycles. The van der Waals surface area contributed by atoms with Crippen molar-refractivity contribution in [2.24, 2.45) is 4.99 Å². The van der Waals surface area contributed by atoms with Gasteiger partial charge < -0.3 is 4.74 Å². The van der Waals surface area contributed by atoms with Gasteiger partial charge in [-0.05, 0) is 36.8 Å². The van der Waals surface area contributed by atoms with Crippen molar-refractivity contribution in [3.63, 3.8) is 0 Å². The van der Waals surface area contributed by atoms with Crippen molar-refractivity contribution in [2.45, 2.75) is 13.5 Å². The largest absolute Gasteiger partial charge is 0.488 e. The number of ether oxygens (including phenoxy) is 1. The van der Waals surface area contributed by atoms with Crippen LogP contribution in [-0.2, 0) is 6.61 Å². The van der Waals surface area contributed by atoms with E-state index in [9.17, 15) is 4.39 Å². The van der Waals surface area contributed by atoms with Crippen LogP contribution in [0, 0.1) is 12.7 Å². The number of aryl methyl sites for hydroxylation is 1. The lowest BCUT2D eigenvalue weighted by molar-refractivity contribution is 0.299. The zero-order valence-corrected chi connectivity index (χ0v) is 13.4. The normalized spacial score (nSPS) is 10.9. The third kappa shape index (κ3) is 3.87. The molecule has 0 atom stereocenters. The molecule has 0 radical (unpaired) electrons. The monoisotopic (exact) mass is 319 g/mol. The molecule has 0 N–H and O–H groups in total. The summed E-state index contributed by atoms with van der Waals surface area (Å²) in [5.74, 6) is 0.418. The molecule has 2 nitrogen and oxygen atoms in total. The Morgan fingerprint density at radius 1 is 0.917 bits per heavy atom. The van der Waals surface area contributed by atoms with E-state index in [1.807, 2.05) is 55.5 Å². The smallest absolute Gasteiger partial charge is 0.129 e. The Morgan fingerprint density at radius 3 is 2.46 bits per heavy atom. The van der Waals surface area contributed by atoms with Gasteiger partial charge in [0.15, 0.2) is 0 Å².